The van der Waals surface area contributed by atoms with Crippen molar-refractivity contribution in [2.75, 3.05) is 26.2 Å². The molecule has 4 rings (SSSR count). The van der Waals surface area contributed by atoms with E-state index >= 15 is 0 Å². The molecule has 0 aliphatic rings. The molecule has 0 heterocycles. The van der Waals surface area contributed by atoms with Gasteiger partial charge in [-0.25, -0.2) is 0 Å². The number of benzene rings is 4. The maximum atomic E-state index is 4.00. The molecule has 0 bridgehead atoms. The van der Waals surface area contributed by atoms with E-state index in [9.17, 15) is 0 Å². The van der Waals surface area contributed by atoms with Gasteiger partial charge < -0.3 is 42.2 Å². The molecule has 12 nitrogen and oxygen atoms in total. The predicted molar refractivity (Wildman–Crippen MR) is 253 cm³/mol. The first-order chi connectivity index (χ1) is 29.7. The summed E-state index contributed by atoms with van der Waals surface area (Å²) in [5, 5.41) is 31.1. The molecule has 0 saturated carbocycles. The molecule has 61 heavy (non-hydrogen) atoms. The third-order valence-corrected chi connectivity index (χ3v) is 8.37. The van der Waals surface area contributed by atoms with Crippen LogP contribution in [0.5, 0.6) is 0 Å². The first kappa shape index (κ1) is 56.2. The summed E-state index contributed by atoms with van der Waals surface area (Å²) in [4.78, 5) is 0. The Kier molecular flexibility index (Phi) is 42.6. The molecule has 0 unspecified atom stereocenters. The van der Waals surface area contributed by atoms with Crippen LogP contribution in [0.4, 0.5) is 22.7 Å². The fourth-order valence-electron chi connectivity index (χ4n) is 4.93. The van der Waals surface area contributed by atoms with Gasteiger partial charge in [-0.2, -0.15) is 0 Å². The van der Waals surface area contributed by atoms with Crippen molar-refractivity contribution in [1.82, 2.24) is 0 Å². The van der Waals surface area contributed by atoms with Crippen molar-refractivity contribution in [3.05, 3.63) is 143 Å². The molecule has 0 aliphatic carbocycles. The van der Waals surface area contributed by atoms with E-state index in [1.54, 1.807) is 0 Å². The second-order valence-electron chi connectivity index (χ2n) is 13.8. The third-order valence-electron chi connectivity index (χ3n) is 8.37. The average molecular weight is 1010 g/mol. The molecular weight excluding hydrogens is 940 g/mol. The van der Waals surface area contributed by atoms with Crippen LogP contribution < -0.4 is 0 Å². The van der Waals surface area contributed by atoms with Gasteiger partial charge in [0.2, 0.25) is 0 Å². The molecule has 0 spiro atoms. The average Bonchev–Trinajstić information content (AvgIpc) is 3.30. The van der Waals surface area contributed by atoms with Crippen LogP contribution in [0.25, 0.3) is 21.7 Å². The van der Waals surface area contributed by atoms with Crippen LogP contribution in [0.1, 0.15) is 130 Å². The van der Waals surface area contributed by atoms with Gasteiger partial charge in [0.25, 0.3) is 0 Å². The molecule has 0 radical (unpaired) electrons. The molecule has 0 N–H and O–H groups in total. The van der Waals surface area contributed by atoms with Crippen LogP contribution in [0.2, 0.25) is 0 Å². The molecule has 0 fully saturated rings. The number of nitrogens with zero attached hydrogens (tertiary/aromatic N) is 12. The number of hydrogen-bond donors (Lipinski definition) is 0. The van der Waals surface area contributed by atoms with Gasteiger partial charge in [0.1, 0.15) is 0 Å². The van der Waals surface area contributed by atoms with Crippen molar-refractivity contribution in [1.29, 1.82) is 0 Å². The molecule has 4 aromatic carbocycles. The molecule has 0 saturated heterocycles. The van der Waals surface area contributed by atoms with E-state index in [4.69, 9.17) is 0 Å². The topological polar surface area (TPSA) is 155 Å². The van der Waals surface area contributed by atoms with Gasteiger partial charge in [-0.1, -0.05) is 252 Å². The predicted octanol–water partition coefficient (Wildman–Crippen LogP) is 18.6. The number of hydrogen-bond acceptors (Lipinski definition) is 8. The second kappa shape index (κ2) is 46.2. The summed E-state index contributed by atoms with van der Waals surface area (Å²) in [5.41, 5.74) is 19.4. The molecule has 13 heteroatoms. The smallest absolute Gasteiger partial charge is 0.382 e. The van der Waals surface area contributed by atoms with Gasteiger partial charge in [0, 0.05) is 0 Å². The van der Waals surface area contributed by atoms with Gasteiger partial charge >= 0.3 is 21.1 Å². The van der Waals surface area contributed by atoms with Gasteiger partial charge in [-0.05, 0) is 48.9 Å². The van der Waals surface area contributed by atoms with E-state index in [1.165, 1.54) is 77.0 Å². The minimum absolute atomic E-state index is 0. The fraction of sp³-hybridized carbons (Fsp3) is 0.500. The Hall–Kier alpha value is -4.83. The number of rotatable bonds is 28. The van der Waals surface area contributed by atoms with E-state index in [0.717, 1.165) is 74.6 Å². The normalized spacial score (nSPS) is 10.6. The zero-order valence-electron chi connectivity index (χ0n) is 37.4. The molecule has 334 valence electrons. The van der Waals surface area contributed by atoms with Crippen LogP contribution in [-0.4, -0.2) is 26.2 Å². The van der Waals surface area contributed by atoms with Crippen molar-refractivity contribution in [2.24, 2.45) is 41.4 Å². The summed E-state index contributed by atoms with van der Waals surface area (Å²) in [6.45, 7) is 12.0. The Morgan fingerprint density at radius 3 is 0.656 bits per heavy atom. The van der Waals surface area contributed by atoms with Crippen molar-refractivity contribution in [2.45, 2.75) is 130 Å². The maximum absolute atomic E-state index is 4.00. The van der Waals surface area contributed by atoms with Crippen LogP contribution >= 0.6 is 0 Å². The van der Waals surface area contributed by atoms with Crippen LogP contribution in [0, 0.1) is 0 Å². The van der Waals surface area contributed by atoms with E-state index in [0.29, 0.717) is 0 Å². The first-order valence-electron chi connectivity index (χ1n) is 22.2. The Bertz CT molecular complexity index is 1320. The summed E-state index contributed by atoms with van der Waals surface area (Å²) in [6, 6.07) is 38.7. The maximum Gasteiger partial charge on any atom is 4.00 e. The van der Waals surface area contributed by atoms with E-state index in [2.05, 4.69) is 90.7 Å². The quantitative estimate of drug-likeness (QED) is 0.0302. The fourth-order valence-corrected chi connectivity index (χ4v) is 4.93. The summed E-state index contributed by atoms with van der Waals surface area (Å²) < 4.78 is 0. The summed E-state index contributed by atoms with van der Waals surface area (Å²) in [6.07, 6.45) is 19.6. The van der Waals surface area contributed by atoms with Gasteiger partial charge in [0.15, 0.2) is 0 Å². The molecule has 0 amide bonds. The van der Waals surface area contributed by atoms with Crippen molar-refractivity contribution >= 4 is 22.7 Å². The molecule has 4 aromatic rings. The minimum Gasteiger partial charge on any atom is -0.382 e. The Balaban J connectivity index is 0.000000783. The Morgan fingerprint density at radius 2 is 0.475 bits per heavy atom. The summed E-state index contributed by atoms with van der Waals surface area (Å²) in [5.74, 6) is 0. The first-order valence-corrected chi connectivity index (χ1v) is 22.2. The van der Waals surface area contributed by atoms with Crippen LogP contribution in [0.3, 0.4) is 0 Å². The largest absolute Gasteiger partial charge is 4.00 e. The van der Waals surface area contributed by atoms with Crippen LogP contribution in [0.15, 0.2) is 163 Å². The van der Waals surface area contributed by atoms with Crippen molar-refractivity contribution in [3.8, 4) is 0 Å². The SMILES string of the molecule is CCCCCCN=N[N-]c1ccccc1.CCCCCCN=N[N-]c1ccccc1.CCCCCCN=N[N-]c1ccccc1.CCCCCCN=N[N-]c1ccccc1.[Pt+4]. The van der Waals surface area contributed by atoms with Gasteiger partial charge in [0.05, 0.1) is 0 Å². The number of unbranched alkanes of at least 4 members (excludes halogenated alkanes) is 12. The Labute approximate surface area is 383 Å². The Morgan fingerprint density at radius 1 is 0.279 bits per heavy atom. The van der Waals surface area contributed by atoms with Crippen LogP contribution in [-0.2, 0) is 21.1 Å². The zero-order chi connectivity index (χ0) is 43.1. The van der Waals surface area contributed by atoms with Crippen molar-refractivity contribution in [3.63, 3.8) is 0 Å². The molecular formula is C48H72N12Pt. The minimum atomic E-state index is 0. The monoisotopic (exact) mass is 1010 g/mol. The van der Waals surface area contributed by atoms with E-state index in [1.807, 2.05) is 121 Å². The van der Waals surface area contributed by atoms with Crippen molar-refractivity contribution < 1.29 is 21.1 Å². The van der Waals surface area contributed by atoms with Gasteiger partial charge in [-0.15, -0.1) is 0 Å². The standard InChI is InChI=1S/4C12H18N3.Pt/c4*1-2-3-4-8-11-13-15-14-12-9-6-5-7-10-12;/h4*5-7,9-10H,2-4,8,11H2,1H3;/q4*-1;+4. The second-order valence-corrected chi connectivity index (χ2v) is 13.8. The van der Waals surface area contributed by atoms with Gasteiger partial charge in [-0.3, -0.25) is 20.9 Å². The summed E-state index contributed by atoms with van der Waals surface area (Å²) >= 11 is 0. The zero-order valence-corrected chi connectivity index (χ0v) is 39.6. The van der Waals surface area contributed by atoms with E-state index < -0.39 is 0 Å². The summed E-state index contributed by atoms with van der Waals surface area (Å²) in [7, 11) is 0. The molecule has 0 aliphatic heterocycles. The molecule has 0 aromatic heterocycles. The third kappa shape index (κ3) is 39.1. The molecule has 0 atom stereocenters. The van der Waals surface area contributed by atoms with E-state index in [-0.39, 0.29) is 21.1 Å².